The molecule has 0 bridgehead atoms. The van der Waals surface area contributed by atoms with E-state index in [1.165, 1.54) is 70.6 Å². The van der Waals surface area contributed by atoms with Gasteiger partial charge in [-0.2, -0.15) is 0 Å². The third-order valence-corrected chi connectivity index (χ3v) is 3.95. The molecule has 0 saturated carbocycles. The number of carbonyl (C=O) groups excluding carboxylic acids is 1. The van der Waals surface area contributed by atoms with Gasteiger partial charge < -0.3 is 4.74 Å². The molecule has 0 heterocycles. The molecule has 22 heavy (non-hydrogen) atoms. The molecule has 130 valence electrons. The van der Waals surface area contributed by atoms with Gasteiger partial charge in [-0.1, -0.05) is 70.4 Å². The molecule has 0 unspecified atom stereocenters. The predicted molar refractivity (Wildman–Crippen MR) is 96.1 cm³/mol. The molecule has 0 atom stereocenters. The van der Waals surface area contributed by atoms with E-state index >= 15 is 0 Å². The van der Waals surface area contributed by atoms with Gasteiger partial charge >= 0.3 is 5.97 Å². The molecule has 0 fully saturated rings. The van der Waals surface area contributed by atoms with Gasteiger partial charge in [0, 0.05) is 6.42 Å². The molecule has 0 radical (unpaired) electrons. The van der Waals surface area contributed by atoms with Crippen LogP contribution >= 0.6 is 0 Å². The Balaban J connectivity index is 3.12. The van der Waals surface area contributed by atoms with Crippen LogP contribution in [0.5, 0.6) is 0 Å². The fourth-order valence-corrected chi connectivity index (χ4v) is 2.57. The molecule has 0 aromatic heterocycles. The Kier molecular flexibility index (Phi) is 17.6. The summed E-state index contributed by atoms with van der Waals surface area (Å²) < 4.78 is 4.91. The fourth-order valence-electron chi connectivity index (χ4n) is 2.57. The topological polar surface area (TPSA) is 26.3 Å². The molecular weight excluding hydrogens is 274 g/mol. The Morgan fingerprint density at radius 1 is 0.818 bits per heavy atom. The van der Waals surface area contributed by atoms with Crippen LogP contribution < -0.4 is 0 Å². The highest BCUT2D eigenvalue weighted by Crippen LogP contribution is 2.10. The zero-order valence-corrected chi connectivity index (χ0v) is 15.1. The molecule has 0 aliphatic carbocycles. The summed E-state index contributed by atoms with van der Waals surface area (Å²) in [7, 11) is 0. The van der Waals surface area contributed by atoms with Crippen LogP contribution in [0.25, 0.3) is 0 Å². The molecule has 0 saturated heterocycles. The average Bonchev–Trinajstić information content (AvgIpc) is 2.51. The SMILES string of the molecule is CCCCCCCCC=CCCCCCCCC(=O)O[14CH2]C. The molecule has 0 spiro atoms. The number of unbranched alkanes of at least 4 members (excludes halogenated alkanes) is 11. The van der Waals surface area contributed by atoms with E-state index < -0.39 is 0 Å². The maximum Gasteiger partial charge on any atom is 0.305 e. The number of ether oxygens (including phenoxy) is 1. The second-order valence-electron chi connectivity index (χ2n) is 6.14. The molecule has 0 rings (SSSR count). The van der Waals surface area contributed by atoms with Crippen molar-refractivity contribution in [3.05, 3.63) is 12.2 Å². The molecular formula is C20H38O2. The lowest BCUT2D eigenvalue weighted by molar-refractivity contribution is -0.143. The van der Waals surface area contributed by atoms with Crippen LogP contribution in [0, 0.1) is 0 Å². The van der Waals surface area contributed by atoms with Gasteiger partial charge in [0.15, 0.2) is 0 Å². The van der Waals surface area contributed by atoms with Crippen LogP contribution in [0.15, 0.2) is 12.2 Å². The fraction of sp³-hybridized carbons (Fsp3) is 0.850. The summed E-state index contributed by atoms with van der Waals surface area (Å²) in [6.45, 7) is 4.63. The van der Waals surface area contributed by atoms with Gasteiger partial charge in [0.1, 0.15) is 0 Å². The van der Waals surface area contributed by atoms with Gasteiger partial charge in [-0.05, 0) is 39.0 Å². The number of allylic oxidation sites excluding steroid dienone is 2. The number of hydrogen-bond acceptors (Lipinski definition) is 2. The van der Waals surface area contributed by atoms with E-state index in [0.29, 0.717) is 13.0 Å². The number of hydrogen-bond donors (Lipinski definition) is 0. The Bertz CT molecular complexity index is 258. The van der Waals surface area contributed by atoms with Gasteiger partial charge in [-0.3, -0.25) is 4.79 Å². The van der Waals surface area contributed by atoms with E-state index in [2.05, 4.69) is 19.1 Å². The van der Waals surface area contributed by atoms with Crippen molar-refractivity contribution in [2.24, 2.45) is 0 Å². The summed E-state index contributed by atoms with van der Waals surface area (Å²) in [6, 6.07) is 0. The van der Waals surface area contributed by atoms with Crippen LogP contribution in [-0.4, -0.2) is 12.6 Å². The monoisotopic (exact) mass is 312 g/mol. The van der Waals surface area contributed by atoms with Crippen LogP contribution in [0.2, 0.25) is 0 Å². The van der Waals surface area contributed by atoms with Crippen molar-refractivity contribution in [1.29, 1.82) is 0 Å². The zero-order chi connectivity index (χ0) is 16.3. The van der Waals surface area contributed by atoms with Crippen LogP contribution in [0.3, 0.4) is 0 Å². The second kappa shape index (κ2) is 18.3. The summed E-state index contributed by atoms with van der Waals surface area (Å²) in [5.41, 5.74) is 0. The molecule has 0 aliphatic heterocycles. The van der Waals surface area contributed by atoms with Crippen molar-refractivity contribution in [2.75, 3.05) is 6.61 Å². The smallest absolute Gasteiger partial charge is 0.305 e. The van der Waals surface area contributed by atoms with E-state index in [0.717, 1.165) is 12.8 Å². The lowest BCUT2D eigenvalue weighted by Crippen LogP contribution is -2.03. The Hall–Kier alpha value is -0.790. The Morgan fingerprint density at radius 2 is 1.32 bits per heavy atom. The number of rotatable bonds is 16. The maximum absolute atomic E-state index is 11.1. The van der Waals surface area contributed by atoms with Crippen molar-refractivity contribution >= 4 is 5.97 Å². The quantitative estimate of drug-likeness (QED) is 0.183. The Labute approximate surface area is 138 Å². The molecule has 0 N–H and O–H groups in total. The van der Waals surface area contributed by atoms with Crippen molar-refractivity contribution in [3.63, 3.8) is 0 Å². The van der Waals surface area contributed by atoms with Crippen molar-refractivity contribution in [3.8, 4) is 0 Å². The van der Waals surface area contributed by atoms with Crippen molar-refractivity contribution in [1.82, 2.24) is 0 Å². The largest absolute Gasteiger partial charge is 0.466 e. The summed E-state index contributed by atoms with van der Waals surface area (Å²) in [5, 5.41) is 0. The first-order valence-electron chi connectivity index (χ1n) is 9.61. The maximum atomic E-state index is 11.1. The standard InChI is InChI=1S/C20H38O2/c1-3-5-6-7-8-9-10-11-12-13-14-15-16-17-18-19-20(21)22-4-2/h11-12H,3-10,13-19H2,1-2H3/i4+2. The highest BCUT2D eigenvalue weighted by Gasteiger charge is 2.00. The lowest BCUT2D eigenvalue weighted by atomic mass is 10.1. The first kappa shape index (κ1) is 21.2. The van der Waals surface area contributed by atoms with Gasteiger partial charge in [-0.15, -0.1) is 0 Å². The minimum absolute atomic E-state index is 0.0415. The van der Waals surface area contributed by atoms with Gasteiger partial charge in [0.2, 0.25) is 0 Å². The van der Waals surface area contributed by atoms with Crippen LogP contribution in [0.4, 0.5) is 0 Å². The van der Waals surface area contributed by atoms with Gasteiger partial charge in [-0.25, -0.2) is 0 Å². The first-order valence-corrected chi connectivity index (χ1v) is 9.61. The number of esters is 1. The highest BCUT2D eigenvalue weighted by molar-refractivity contribution is 5.69. The van der Waals surface area contributed by atoms with Crippen molar-refractivity contribution in [2.45, 2.75) is 104 Å². The predicted octanol–water partition coefficient (Wildman–Crippen LogP) is 6.59. The van der Waals surface area contributed by atoms with E-state index in [1.807, 2.05) is 6.92 Å². The molecule has 0 amide bonds. The van der Waals surface area contributed by atoms with E-state index in [4.69, 9.17) is 4.74 Å². The van der Waals surface area contributed by atoms with E-state index in [-0.39, 0.29) is 5.97 Å². The highest BCUT2D eigenvalue weighted by atomic mass is 16.7. The third-order valence-electron chi connectivity index (χ3n) is 3.95. The third kappa shape index (κ3) is 17.3. The molecule has 2 heteroatoms. The van der Waals surface area contributed by atoms with Gasteiger partial charge in [0.25, 0.3) is 0 Å². The minimum atomic E-state index is -0.0415. The summed E-state index contributed by atoms with van der Waals surface area (Å²) in [5.74, 6) is -0.0415. The zero-order valence-electron chi connectivity index (χ0n) is 15.1. The summed E-state index contributed by atoms with van der Waals surface area (Å²) in [6.07, 6.45) is 22.0. The molecule has 2 nitrogen and oxygen atoms in total. The molecule has 0 aromatic rings. The molecule has 0 aromatic carbocycles. The molecule has 0 aliphatic rings. The second-order valence-corrected chi connectivity index (χ2v) is 6.14. The first-order chi connectivity index (χ1) is 10.8. The van der Waals surface area contributed by atoms with E-state index in [9.17, 15) is 4.79 Å². The normalized spacial score (nSPS) is 11.2. The Morgan fingerprint density at radius 3 is 1.86 bits per heavy atom. The summed E-state index contributed by atoms with van der Waals surface area (Å²) >= 11 is 0. The average molecular weight is 313 g/mol. The van der Waals surface area contributed by atoms with E-state index in [1.54, 1.807) is 0 Å². The minimum Gasteiger partial charge on any atom is -0.466 e. The van der Waals surface area contributed by atoms with Gasteiger partial charge in [0.05, 0.1) is 6.61 Å². The lowest BCUT2D eigenvalue weighted by Gasteiger charge is -2.01. The van der Waals surface area contributed by atoms with Crippen LogP contribution in [0.1, 0.15) is 104 Å². The van der Waals surface area contributed by atoms with Crippen LogP contribution in [-0.2, 0) is 9.53 Å². The van der Waals surface area contributed by atoms with Crippen molar-refractivity contribution < 1.29 is 9.53 Å². The number of carbonyl (C=O) groups is 1. The summed E-state index contributed by atoms with van der Waals surface area (Å²) in [4.78, 5) is 11.1.